The van der Waals surface area contributed by atoms with Crippen molar-refractivity contribution in [2.45, 2.75) is 26.2 Å². The summed E-state index contributed by atoms with van der Waals surface area (Å²) < 4.78 is 5.55. The first-order valence-corrected chi connectivity index (χ1v) is 7.13. The predicted molar refractivity (Wildman–Crippen MR) is 77.4 cm³/mol. The molecule has 2 aromatic rings. The highest BCUT2D eigenvalue weighted by atomic mass is 16.3. The highest BCUT2D eigenvalue weighted by Crippen LogP contribution is 2.21. The summed E-state index contributed by atoms with van der Waals surface area (Å²) in [4.78, 5) is 4.31. The van der Waals surface area contributed by atoms with Gasteiger partial charge in [0.1, 0.15) is 5.52 Å². The van der Waals surface area contributed by atoms with Gasteiger partial charge in [0, 0.05) is 25.2 Å². The van der Waals surface area contributed by atoms with Crippen molar-refractivity contribution < 1.29 is 4.42 Å². The zero-order valence-electron chi connectivity index (χ0n) is 11.4. The van der Waals surface area contributed by atoms with Gasteiger partial charge in [0.25, 0.3) is 0 Å². The highest BCUT2D eigenvalue weighted by Gasteiger charge is 2.12. The Morgan fingerprint density at radius 1 is 1.37 bits per heavy atom. The SMILES string of the molecule is Cc1nc2ccc(NCCC3CCNCC3)cc2o1. The molecule has 1 aliphatic rings. The molecular formula is C15H21N3O. The fourth-order valence-electron chi connectivity index (χ4n) is 2.74. The van der Waals surface area contributed by atoms with Gasteiger partial charge in [-0.1, -0.05) is 0 Å². The lowest BCUT2D eigenvalue weighted by atomic mass is 9.95. The van der Waals surface area contributed by atoms with Gasteiger partial charge >= 0.3 is 0 Å². The Hall–Kier alpha value is -1.55. The van der Waals surface area contributed by atoms with Crippen molar-refractivity contribution in [2.75, 3.05) is 25.0 Å². The number of oxazole rings is 1. The maximum absolute atomic E-state index is 5.55. The lowest BCUT2D eigenvalue weighted by Crippen LogP contribution is -2.28. The molecule has 0 unspecified atom stereocenters. The number of nitrogens with zero attached hydrogens (tertiary/aromatic N) is 1. The largest absolute Gasteiger partial charge is 0.441 e. The topological polar surface area (TPSA) is 50.1 Å². The molecule has 1 aromatic heterocycles. The van der Waals surface area contributed by atoms with Crippen molar-refractivity contribution in [1.82, 2.24) is 10.3 Å². The van der Waals surface area contributed by atoms with Crippen LogP contribution in [-0.4, -0.2) is 24.6 Å². The fraction of sp³-hybridized carbons (Fsp3) is 0.533. The van der Waals surface area contributed by atoms with E-state index in [-0.39, 0.29) is 0 Å². The summed E-state index contributed by atoms with van der Waals surface area (Å²) in [5.74, 6) is 1.59. The van der Waals surface area contributed by atoms with Gasteiger partial charge in [-0.3, -0.25) is 0 Å². The first-order valence-electron chi connectivity index (χ1n) is 7.13. The van der Waals surface area contributed by atoms with Crippen LogP contribution >= 0.6 is 0 Å². The van der Waals surface area contributed by atoms with Crippen molar-refractivity contribution in [3.05, 3.63) is 24.1 Å². The average molecular weight is 259 g/mol. The molecule has 0 saturated carbocycles. The number of benzene rings is 1. The van der Waals surface area contributed by atoms with E-state index in [1.807, 2.05) is 19.1 Å². The molecule has 2 heterocycles. The Morgan fingerprint density at radius 2 is 2.21 bits per heavy atom. The van der Waals surface area contributed by atoms with Gasteiger partial charge in [0.05, 0.1) is 0 Å². The van der Waals surface area contributed by atoms with Crippen LogP contribution < -0.4 is 10.6 Å². The summed E-state index contributed by atoms with van der Waals surface area (Å²) in [7, 11) is 0. The van der Waals surface area contributed by atoms with E-state index in [0.29, 0.717) is 0 Å². The molecule has 1 aliphatic heterocycles. The van der Waals surface area contributed by atoms with E-state index in [9.17, 15) is 0 Å². The van der Waals surface area contributed by atoms with Gasteiger partial charge < -0.3 is 15.1 Å². The van der Waals surface area contributed by atoms with Gasteiger partial charge in [-0.15, -0.1) is 0 Å². The van der Waals surface area contributed by atoms with E-state index in [1.54, 1.807) is 0 Å². The Bertz CT molecular complexity index is 543. The lowest BCUT2D eigenvalue weighted by molar-refractivity contribution is 0.361. The van der Waals surface area contributed by atoms with Crippen LogP contribution in [0, 0.1) is 12.8 Å². The number of hydrogen-bond donors (Lipinski definition) is 2. The summed E-state index contributed by atoms with van der Waals surface area (Å²) in [6.45, 7) is 5.26. The van der Waals surface area contributed by atoms with Gasteiger partial charge in [-0.05, 0) is 50.4 Å². The van der Waals surface area contributed by atoms with Crippen molar-refractivity contribution in [1.29, 1.82) is 0 Å². The molecule has 102 valence electrons. The second-order valence-corrected chi connectivity index (χ2v) is 5.32. The number of aryl methyl sites for hydroxylation is 1. The third kappa shape index (κ3) is 3.07. The molecule has 1 saturated heterocycles. The molecule has 1 fully saturated rings. The van der Waals surface area contributed by atoms with E-state index in [1.165, 1.54) is 32.4 Å². The first kappa shape index (κ1) is 12.5. The van der Waals surface area contributed by atoms with Crippen molar-refractivity contribution in [2.24, 2.45) is 5.92 Å². The third-order valence-electron chi connectivity index (χ3n) is 3.84. The van der Waals surface area contributed by atoms with Crippen LogP contribution in [0.25, 0.3) is 11.1 Å². The van der Waals surface area contributed by atoms with E-state index in [0.717, 1.165) is 35.1 Å². The molecule has 0 aliphatic carbocycles. The minimum atomic E-state index is 0.724. The first-order chi connectivity index (χ1) is 9.31. The molecule has 2 N–H and O–H groups in total. The van der Waals surface area contributed by atoms with Crippen LogP contribution in [-0.2, 0) is 0 Å². The normalized spacial score (nSPS) is 16.9. The maximum Gasteiger partial charge on any atom is 0.192 e. The van der Waals surface area contributed by atoms with Gasteiger partial charge in [0.2, 0.25) is 0 Å². The molecule has 0 radical (unpaired) electrons. The quantitative estimate of drug-likeness (QED) is 0.886. The molecule has 0 amide bonds. The van der Waals surface area contributed by atoms with Gasteiger partial charge in [-0.2, -0.15) is 0 Å². The van der Waals surface area contributed by atoms with Gasteiger partial charge in [0.15, 0.2) is 11.5 Å². The zero-order chi connectivity index (χ0) is 13.1. The molecule has 0 bridgehead atoms. The van der Waals surface area contributed by atoms with Gasteiger partial charge in [-0.25, -0.2) is 4.98 Å². The summed E-state index contributed by atoms with van der Waals surface area (Å²) in [5.41, 5.74) is 2.92. The zero-order valence-corrected chi connectivity index (χ0v) is 11.4. The minimum Gasteiger partial charge on any atom is -0.441 e. The highest BCUT2D eigenvalue weighted by molar-refractivity contribution is 5.77. The van der Waals surface area contributed by atoms with Crippen LogP contribution in [0.2, 0.25) is 0 Å². The lowest BCUT2D eigenvalue weighted by Gasteiger charge is -2.22. The standard InChI is InChI=1S/C15H21N3O/c1-11-18-14-3-2-13(10-15(14)19-11)17-9-6-12-4-7-16-8-5-12/h2-3,10,12,16-17H,4-9H2,1H3. The van der Waals surface area contributed by atoms with E-state index in [4.69, 9.17) is 4.42 Å². The molecule has 0 spiro atoms. The molecular weight excluding hydrogens is 238 g/mol. The third-order valence-corrected chi connectivity index (χ3v) is 3.84. The van der Waals surface area contributed by atoms with Crippen molar-refractivity contribution >= 4 is 16.8 Å². The minimum absolute atomic E-state index is 0.724. The number of hydrogen-bond acceptors (Lipinski definition) is 4. The number of anilines is 1. The van der Waals surface area contributed by atoms with E-state index < -0.39 is 0 Å². The summed E-state index contributed by atoms with van der Waals surface area (Å²) in [5, 5.41) is 6.89. The van der Waals surface area contributed by atoms with E-state index in [2.05, 4.69) is 21.7 Å². The Labute approximate surface area is 113 Å². The Kier molecular flexibility index (Phi) is 3.69. The summed E-state index contributed by atoms with van der Waals surface area (Å²) in [6.07, 6.45) is 3.86. The van der Waals surface area contributed by atoms with Crippen molar-refractivity contribution in [3.8, 4) is 0 Å². The second-order valence-electron chi connectivity index (χ2n) is 5.32. The number of aromatic nitrogens is 1. The summed E-state index contributed by atoms with van der Waals surface area (Å²) in [6, 6.07) is 6.13. The molecule has 3 rings (SSSR count). The molecule has 19 heavy (non-hydrogen) atoms. The monoisotopic (exact) mass is 259 g/mol. The Morgan fingerprint density at radius 3 is 3.05 bits per heavy atom. The molecule has 0 atom stereocenters. The molecule has 4 nitrogen and oxygen atoms in total. The smallest absolute Gasteiger partial charge is 0.192 e. The van der Waals surface area contributed by atoms with E-state index >= 15 is 0 Å². The molecule has 1 aromatic carbocycles. The van der Waals surface area contributed by atoms with Crippen LogP contribution in [0.15, 0.2) is 22.6 Å². The Balaban J connectivity index is 1.55. The maximum atomic E-state index is 5.55. The fourth-order valence-corrected chi connectivity index (χ4v) is 2.74. The number of fused-ring (bicyclic) bond motifs is 1. The number of piperidine rings is 1. The average Bonchev–Trinajstić information content (AvgIpc) is 2.79. The number of nitrogens with one attached hydrogen (secondary N) is 2. The van der Waals surface area contributed by atoms with Crippen LogP contribution in [0.5, 0.6) is 0 Å². The molecule has 4 heteroatoms. The van der Waals surface area contributed by atoms with Crippen LogP contribution in [0.4, 0.5) is 5.69 Å². The second kappa shape index (κ2) is 5.61. The number of rotatable bonds is 4. The predicted octanol–water partition coefficient (Wildman–Crippen LogP) is 2.94. The summed E-state index contributed by atoms with van der Waals surface area (Å²) >= 11 is 0. The van der Waals surface area contributed by atoms with Crippen LogP contribution in [0.1, 0.15) is 25.2 Å². The van der Waals surface area contributed by atoms with Crippen LogP contribution in [0.3, 0.4) is 0 Å². The van der Waals surface area contributed by atoms with Crippen molar-refractivity contribution in [3.63, 3.8) is 0 Å².